The Balaban J connectivity index is 2.24. The van der Waals surface area contributed by atoms with Gasteiger partial charge in [-0.1, -0.05) is 24.3 Å². The van der Waals surface area contributed by atoms with E-state index in [-0.39, 0.29) is 12.5 Å². The molecule has 5 nitrogen and oxygen atoms in total. The molecule has 0 saturated carbocycles. The number of benzene rings is 1. The number of nitrogens with zero attached hydrogens (tertiary/aromatic N) is 1. The maximum atomic E-state index is 11.9. The number of para-hydroxylation sites is 1. The van der Waals surface area contributed by atoms with E-state index < -0.39 is 17.9 Å². The lowest BCUT2D eigenvalue weighted by Crippen LogP contribution is -2.41. The monoisotopic (exact) mass is 317 g/mol. The number of esters is 2. The molecule has 0 aliphatic carbocycles. The molecule has 5 heteroatoms. The molecule has 0 amide bonds. The third-order valence-corrected chi connectivity index (χ3v) is 4.27. The van der Waals surface area contributed by atoms with Gasteiger partial charge in [0.2, 0.25) is 0 Å². The zero-order valence-electron chi connectivity index (χ0n) is 13.7. The van der Waals surface area contributed by atoms with E-state index >= 15 is 0 Å². The highest BCUT2D eigenvalue weighted by molar-refractivity contribution is 5.94. The normalized spacial score (nSPS) is 14.8. The van der Waals surface area contributed by atoms with Gasteiger partial charge < -0.3 is 14.4 Å². The highest BCUT2D eigenvalue weighted by Crippen LogP contribution is 2.30. The van der Waals surface area contributed by atoms with Gasteiger partial charge in [-0.2, -0.15) is 0 Å². The molecular formula is C18H23NO4. The third kappa shape index (κ3) is 3.73. The lowest BCUT2D eigenvalue weighted by atomic mass is 9.94. The molecule has 0 saturated heterocycles. The zero-order chi connectivity index (χ0) is 16.8. The topological polar surface area (TPSA) is 55.8 Å². The molecule has 1 heterocycles. The summed E-state index contributed by atoms with van der Waals surface area (Å²) in [6, 6.07) is 8.06. The standard InChI is InChI=1S/C18H23NO4/c1-4-14(12-15(17(20)22-2)18(21)23-3)19-11-7-9-13-8-5-6-10-16(13)19/h4-6,8,10,14-15H,1,7,9,11-12H2,2-3H3. The van der Waals surface area contributed by atoms with Crippen molar-refractivity contribution in [1.82, 2.24) is 0 Å². The van der Waals surface area contributed by atoms with E-state index in [1.165, 1.54) is 19.8 Å². The summed E-state index contributed by atoms with van der Waals surface area (Å²) in [7, 11) is 2.55. The van der Waals surface area contributed by atoms with Gasteiger partial charge in [-0.15, -0.1) is 6.58 Å². The van der Waals surface area contributed by atoms with Crippen molar-refractivity contribution in [1.29, 1.82) is 0 Å². The number of methoxy groups -OCH3 is 2. The smallest absolute Gasteiger partial charge is 0.320 e. The molecule has 0 aromatic heterocycles. The fraction of sp³-hybridized carbons (Fsp3) is 0.444. The van der Waals surface area contributed by atoms with Crippen LogP contribution in [0.3, 0.4) is 0 Å². The number of hydrogen-bond acceptors (Lipinski definition) is 5. The highest BCUT2D eigenvalue weighted by Gasteiger charge is 2.33. The number of anilines is 1. The summed E-state index contributed by atoms with van der Waals surface area (Å²) < 4.78 is 9.49. The predicted octanol–water partition coefficient (Wildman–Crippen LogP) is 2.35. The quantitative estimate of drug-likeness (QED) is 0.458. The molecule has 1 aliphatic heterocycles. The summed E-state index contributed by atoms with van der Waals surface area (Å²) in [5, 5.41) is 0. The first-order valence-corrected chi connectivity index (χ1v) is 7.75. The lowest BCUT2D eigenvalue weighted by molar-refractivity contribution is -0.159. The number of carbonyl (C=O) groups is 2. The van der Waals surface area contributed by atoms with Crippen molar-refractivity contribution in [3.63, 3.8) is 0 Å². The maximum absolute atomic E-state index is 11.9. The molecule has 1 aromatic rings. The second kappa shape index (κ2) is 7.81. The summed E-state index contributed by atoms with van der Waals surface area (Å²) in [6.45, 7) is 4.75. The van der Waals surface area contributed by atoms with E-state index in [1.54, 1.807) is 6.08 Å². The third-order valence-electron chi connectivity index (χ3n) is 4.27. The Morgan fingerprint density at radius 3 is 2.52 bits per heavy atom. The van der Waals surface area contributed by atoms with Gasteiger partial charge in [-0.3, -0.25) is 9.59 Å². The van der Waals surface area contributed by atoms with Crippen molar-refractivity contribution in [2.45, 2.75) is 25.3 Å². The molecule has 2 rings (SSSR count). The molecule has 1 aliphatic rings. The summed E-state index contributed by atoms with van der Waals surface area (Å²) in [5.74, 6) is -2.09. The van der Waals surface area contributed by atoms with Gasteiger partial charge in [-0.05, 0) is 30.9 Å². The fourth-order valence-electron chi connectivity index (χ4n) is 3.07. The Labute approximate surface area is 136 Å². The van der Waals surface area contributed by atoms with Crippen LogP contribution in [0.15, 0.2) is 36.9 Å². The first-order valence-electron chi connectivity index (χ1n) is 7.75. The molecule has 1 aromatic carbocycles. The number of ether oxygens (including phenoxy) is 2. The van der Waals surface area contributed by atoms with Gasteiger partial charge in [0.05, 0.1) is 14.2 Å². The molecule has 124 valence electrons. The highest BCUT2D eigenvalue weighted by atomic mass is 16.5. The van der Waals surface area contributed by atoms with Crippen molar-refractivity contribution in [3.8, 4) is 0 Å². The molecule has 0 fully saturated rings. The summed E-state index contributed by atoms with van der Waals surface area (Å²) in [5.41, 5.74) is 2.41. The number of hydrogen-bond donors (Lipinski definition) is 0. The van der Waals surface area contributed by atoms with Crippen LogP contribution in [0.1, 0.15) is 18.4 Å². The van der Waals surface area contributed by atoms with Gasteiger partial charge in [0.1, 0.15) is 0 Å². The van der Waals surface area contributed by atoms with Crippen LogP contribution in [-0.2, 0) is 25.5 Å². The summed E-state index contributed by atoms with van der Waals surface area (Å²) in [6.07, 6.45) is 4.13. The van der Waals surface area contributed by atoms with Crippen LogP contribution < -0.4 is 4.90 Å². The van der Waals surface area contributed by atoms with Gasteiger partial charge in [0.15, 0.2) is 5.92 Å². The van der Waals surface area contributed by atoms with E-state index in [2.05, 4.69) is 23.6 Å². The van der Waals surface area contributed by atoms with Gasteiger partial charge in [0.25, 0.3) is 0 Å². The van der Waals surface area contributed by atoms with Crippen LogP contribution in [0.4, 0.5) is 5.69 Å². The zero-order valence-corrected chi connectivity index (χ0v) is 13.7. The Morgan fingerprint density at radius 1 is 1.26 bits per heavy atom. The number of rotatable bonds is 6. The number of aryl methyl sites for hydroxylation is 1. The van der Waals surface area contributed by atoms with Gasteiger partial charge in [-0.25, -0.2) is 0 Å². The van der Waals surface area contributed by atoms with Crippen molar-refractivity contribution in [2.75, 3.05) is 25.7 Å². The van der Waals surface area contributed by atoms with Crippen LogP contribution in [0.25, 0.3) is 0 Å². The van der Waals surface area contributed by atoms with Crippen molar-refractivity contribution in [2.24, 2.45) is 5.92 Å². The van der Waals surface area contributed by atoms with Crippen LogP contribution in [0, 0.1) is 5.92 Å². The average Bonchev–Trinajstić information content (AvgIpc) is 2.61. The van der Waals surface area contributed by atoms with Gasteiger partial charge in [0, 0.05) is 18.3 Å². The number of fused-ring (bicyclic) bond motifs is 1. The van der Waals surface area contributed by atoms with E-state index in [0.717, 1.165) is 25.1 Å². The Bertz CT molecular complexity index is 568. The first-order chi connectivity index (χ1) is 11.1. The second-order valence-electron chi connectivity index (χ2n) is 5.56. The van der Waals surface area contributed by atoms with E-state index in [9.17, 15) is 9.59 Å². The van der Waals surface area contributed by atoms with Crippen LogP contribution in [-0.4, -0.2) is 38.7 Å². The van der Waals surface area contributed by atoms with Crippen molar-refractivity contribution >= 4 is 17.6 Å². The van der Waals surface area contributed by atoms with E-state index in [0.29, 0.717) is 0 Å². The Morgan fingerprint density at radius 2 is 1.91 bits per heavy atom. The SMILES string of the molecule is C=CC(CC(C(=O)OC)C(=O)OC)N1CCCc2ccccc21. The first kappa shape index (κ1) is 17.1. The lowest BCUT2D eigenvalue weighted by Gasteiger charge is -2.37. The minimum Gasteiger partial charge on any atom is -0.468 e. The van der Waals surface area contributed by atoms with Crippen molar-refractivity contribution < 1.29 is 19.1 Å². The fourth-order valence-corrected chi connectivity index (χ4v) is 3.07. The average molecular weight is 317 g/mol. The minimum atomic E-state index is -0.943. The molecule has 0 radical (unpaired) electrons. The van der Waals surface area contributed by atoms with Crippen LogP contribution >= 0.6 is 0 Å². The molecular weight excluding hydrogens is 294 g/mol. The summed E-state index contributed by atoms with van der Waals surface area (Å²) in [4.78, 5) is 26.0. The second-order valence-corrected chi connectivity index (χ2v) is 5.56. The molecule has 0 spiro atoms. The molecule has 0 N–H and O–H groups in total. The molecule has 0 bridgehead atoms. The Hall–Kier alpha value is -2.30. The van der Waals surface area contributed by atoms with Crippen LogP contribution in [0.5, 0.6) is 0 Å². The van der Waals surface area contributed by atoms with Crippen LogP contribution in [0.2, 0.25) is 0 Å². The predicted molar refractivity (Wildman–Crippen MR) is 88.2 cm³/mol. The van der Waals surface area contributed by atoms with Crippen molar-refractivity contribution in [3.05, 3.63) is 42.5 Å². The van der Waals surface area contributed by atoms with E-state index in [4.69, 9.17) is 9.47 Å². The molecule has 1 atom stereocenters. The maximum Gasteiger partial charge on any atom is 0.320 e. The number of carbonyl (C=O) groups excluding carboxylic acids is 2. The minimum absolute atomic E-state index is 0.139. The van der Waals surface area contributed by atoms with E-state index in [1.807, 2.05) is 12.1 Å². The molecule has 23 heavy (non-hydrogen) atoms. The summed E-state index contributed by atoms with van der Waals surface area (Å²) >= 11 is 0. The largest absolute Gasteiger partial charge is 0.468 e. The molecule has 1 unspecified atom stereocenters. The van der Waals surface area contributed by atoms with Gasteiger partial charge >= 0.3 is 11.9 Å². The Kier molecular flexibility index (Phi) is 5.79.